The van der Waals surface area contributed by atoms with E-state index in [9.17, 15) is 0 Å². The van der Waals surface area contributed by atoms with E-state index in [1.54, 1.807) is 0 Å². The number of rotatable bonds is 4. The average Bonchev–Trinajstić information content (AvgIpc) is 2.07. The predicted molar refractivity (Wildman–Crippen MR) is 47.7 cm³/mol. The van der Waals surface area contributed by atoms with E-state index in [0.717, 1.165) is 13.0 Å². The number of halogens is 1. The van der Waals surface area contributed by atoms with E-state index < -0.39 is 15.2 Å². The normalized spacial score (nSPS) is 11.0. The fraction of sp³-hybridized carbons (Fsp3) is 0.250. The summed E-state index contributed by atoms with van der Waals surface area (Å²) in [7, 11) is 5.44. The molecule has 0 aliphatic heterocycles. The minimum atomic E-state index is -0.400. The first-order chi connectivity index (χ1) is 5.43. The molecule has 1 radical (unpaired) electrons. The van der Waals surface area contributed by atoms with E-state index in [0.29, 0.717) is 0 Å². The Balaban J connectivity index is 2.28. The summed E-state index contributed by atoms with van der Waals surface area (Å²) < 4.78 is 5.10. The van der Waals surface area contributed by atoms with Crippen molar-refractivity contribution in [2.45, 2.75) is 6.42 Å². The van der Waals surface area contributed by atoms with Gasteiger partial charge in [-0.05, 0) is 0 Å². The second-order valence-corrected chi connectivity index (χ2v) is 3.69. The molecule has 0 saturated heterocycles. The molecule has 1 aromatic carbocycles. The zero-order chi connectivity index (χ0) is 7.94. The molecule has 0 aromatic heterocycles. The Labute approximate surface area is 77.9 Å². The van der Waals surface area contributed by atoms with Gasteiger partial charge in [0.05, 0.1) is 0 Å². The number of hydrogen-bond donors (Lipinski definition) is 0. The molecule has 0 bridgehead atoms. The van der Waals surface area contributed by atoms with Crippen molar-refractivity contribution in [2.24, 2.45) is 0 Å². The summed E-state index contributed by atoms with van der Waals surface area (Å²) >= 11 is -0.400. The van der Waals surface area contributed by atoms with Crippen molar-refractivity contribution in [3.8, 4) is 0 Å². The molecule has 0 atom stereocenters. The zero-order valence-corrected chi connectivity index (χ0v) is 8.67. The van der Waals surface area contributed by atoms with Crippen LogP contribution in [-0.2, 0) is 10.1 Å². The van der Waals surface area contributed by atoms with Crippen LogP contribution in [0.2, 0.25) is 0 Å². The third kappa shape index (κ3) is 3.81. The molecule has 11 heavy (non-hydrogen) atoms. The summed E-state index contributed by atoms with van der Waals surface area (Å²) in [5, 5.41) is 0. The van der Waals surface area contributed by atoms with Gasteiger partial charge in [0.25, 0.3) is 0 Å². The van der Waals surface area contributed by atoms with E-state index in [2.05, 4.69) is 12.1 Å². The van der Waals surface area contributed by atoms with Crippen molar-refractivity contribution in [2.75, 3.05) is 6.61 Å². The van der Waals surface area contributed by atoms with E-state index in [-0.39, 0.29) is 0 Å². The summed E-state index contributed by atoms with van der Waals surface area (Å²) in [5.41, 5.74) is 1.30. The van der Waals surface area contributed by atoms with E-state index in [1.807, 2.05) is 18.2 Å². The molecular weight excluding hydrogens is 222 g/mol. The van der Waals surface area contributed by atoms with Crippen LogP contribution >= 0.6 is 9.95 Å². The van der Waals surface area contributed by atoms with Gasteiger partial charge in [-0.1, -0.05) is 0 Å². The molecule has 0 N–H and O–H groups in total. The van der Waals surface area contributed by atoms with E-state index in [1.165, 1.54) is 5.56 Å². The van der Waals surface area contributed by atoms with Gasteiger partial charge < -0.3 is 0 Å². The molecule has 0 unspecified atom stereocenters. The fourth-order valence-electron chi connectivity index (χ4n) is 0.843. The second-order valence-electron chi connectivity index (χ2n) is 2.14. The van der Waals surface area contributed by atoms with Crippen molar-refractivity contribution < 1.29 is 3.73 Å². The first-order valence-electron chi connectivity index (χ1n) is 3.40. The Morgan fingerprint density at radius 3 is 2.64 bits per heavy atom. The van der Waals surface area contributed by atoms with Crippen LogP contribution in [0.15, 0.2) is 30.3 Å². The van der Waals surface area contributed by atoms with Crippen LogP contribution in [0, 0.1) is 0 Å². The van der Waals surface area contributed by atoms with Gasteiger partial charge in [-0.25, -0.2) is 0 Å². The van der Waals surface area contributed by atoms with Gasteiger partial charge in [0, 0.05) is 0 Å². The maximum absolute atomic E-state index is 5.44. The average molecular weight is 232 g/mol. The zero-order valence-electron chi connectivity index (χ0n) is 6.03. The van der Waals surface area contributed by atoms with Crippen LogP contribution in [0.5, 0.6) is 0 Å². The van der Waals surface area contributed by atoms with E-state index >= 15 is 0 Å². The molecular formula is C8H9AsClO. The van der Waals surface area contributed by atoms with Crippen LogP contribution in [0.1, 0.15) is 5.56 Å². The Bertz CT molecular complexity index is 191. The molecule has 0 saturated carbocycles. The molecule has 0 spiro atoms. The summed E-state index contributed by atoms with van der Waals surface area (Å²) in [6.45, 7) is 0.744. The third-order valence-corrected chi connectivity index (χ3v) is 2.47. The Morgan fingerprint density at radius 2 is 2.00 bits per heavy atom. The van der Waals surface area contributed by atoms with Crippen molar-refractivity contribution in [1.82, 2.24) is 0 Å². The molecule has 0 aliphatic rings. The fourth-order valence-corrected chi connectivity index (χ4v) is 1.54. The van der Waals surface area contributed by atoms with E-state index in [4.69, 9.17) is 13.7 Å². The van der Waals surface area contributed by atoms with Crippen LogP contribution in [0.3, 0.4) is 0 Å². The Kier molecular flexibility index (Phi) is 4.68. The maximum atomic E-state index is 5.44. The van der Waals surface area contributed by atoms with Gasteiger partial charge in [-0.15, -0.1) is 0 Å². The Morgan fingerprint density at radius 1 is 1.27 bits per heavy atom. The topological polar surface area (TPSA) is 9.23 Å². The molecule has 1 nitrogen and oxygen atoms in total. The minimum absolute atomic E-state index is 0.400. The first kappa shape index (κ1) is 9.12. The summed E-state index contributed by atoms with van der Waals surface area (Å²) in [4.78, 5) is 0. The van der Waals surface area contributed by atoms with Gasteiger partial charge in [0.2, 0.25) is 0 Å². The molecule has 0 aliphatic carbocycles. The standard InChI is InChI=1S/C8H9AsClO/c10-9-11-7-6-8-4-2-1-3-5-8/h1-5H,6-7H2. The quantitative estimate of drug-likeness (QED) is 0.569. The van der Waals surface area contributed by atoms with Crippen LogP contribution in [0.25, 0.3) is 0 Å². The van der Waals surface area contributed by atoms with Crippen molar-refractivity contribution >= 4 is 25.1 Å². The monoisotopic (exact) mass is 231 g/mol. The summed E-state index contributed by atoms with van der Waals surface area (Å²) in [5.74, 6) is 0. The van der Waals surface area contributed by atoms with Crippen molar-refractivity contribution in [1.29, 1.82) is 0 Å². The van der Waals surface area contributed by atoms with Gasteiger partial charge in [0.1, 0.15) is 0 Å². The van der Waals surface area contributed by atoms with Gasteiger partial charge in [0.15, 0.2) is 0 Å². The van der Waals surface area contributed by atoms with Gasteiger partial charge >= 0.3 is 77.8 Å². The van der Waals surface area contributed by atoms with Crippen molar-refractivity contribution in [3.05, 3.63) is 35.9 Å². The number of benzene rings is 1. The van der Waals surface area contributed by atoms with Crippen LogP contribution < -0.4 is 0 Å². The second kappa shape index (κ2) is 5.65. The predicted octanol–water partition coefficient (Wildman–Crippen LogP) is 2.02. The van der Waals surface area contributed by atoms with Crippen LogP contribution in [0.4, 0.5) is 0 Å². The van der Waals surface area contributed by atoms with Crippen molar-refractivity contribution in [3.63, 3.8) is 0 Å². The molecule has 59 valence electrons. The molecule has 1 aromatic rings. The molecule has 3 heteroatoms. The molecule has 0 heterocycles. The molecule has 0 amide bonds. The summed E-state index contributed by atoms with van der Waals surface area (Å²) in [6.07, 6.45) is 0.961. The number of hydrogen-bond acceptors (Lipinski definition) is 1. The third-order valence-electron chi connectivity index (χ3n) is 1.37. The van der Waals surface area contributed by atoms with Gasteiger partial charge in [-0.3, -0.25) is 0 Å². The first-order valence-corrected chi connectivity index (χ1v) is 6.64. The SMILES string of the molecule is Cl[As]OCCc1ccccc1. The summed E-state index contributed by atoms with van der Waals surface area (Å²) in [6, 6.07) is 10.3. The molecule has 1 rings (SSSR count). The Hall–Kier alpha value is 0.0284. The van der Waals surface area contributed by atoms with Gasteiger partial charge in [-0.2, -0.15) is 0 Å². The molecule has 0 fully saturated rings. The van der Waals surface area contributed by atoms with Crippen LogP contribution in [-0.4, -0.2) is 21.8 Å².